The fraction of sp³-hybridized carbons (Fsp3) is 0.185. The van der Waals surface area contributed by atoms with E-state index in [0.717, 1.165) is 34.7 Å². The highest BCUT2D eigenvalue weighted by atomic mass is 16.5. The van der Waals surface area contributed by atoms with E-state index in [9.17, 15) is 4.79 Å². The molecular weight excluding hydrogens is 398 g/mol. The van der Waals surface area contributed by atoms with E-state index in [1.54, 1.807) is 7.11 Å². The number of carbonyl (C=O) groups excluding carboxylic acids is 1. The van der Waals surface area contributed by atoms with Crippen molar-refractivity contribution < 1.29 is 9.53 Å². The van der Waals surface area contributed by atoms with Crippen molar-refractivity contribution in [2.45, 2.75) is 19.5 Å². The molecular formula is C27H25N3O2. The van der Waals surface area contributed by atoms with Crippen LogP contribution >= 0.6 is 0 Å². The first-order chi connectivity index (χ1) is 15.7. The first-order valence-electron chi connectivity index (χ1n) is 10.8. The Bertz CT molecular complexity index is 1230. The average Bonchev–Trinajstić information content (AvgIpc) is 3.28. The van der Waals surface area contributed by atoms with Crippen LogP contribution in [-0.2, 0) is 24.3 Å². The van der Waals surface area contributed by atoms with Gasteiger partial charge in [0.1, 0.15) is 12.3 Å². The Kier molecular flexibility index (Phi) is 5.46. The number of nitrogens with zero attached hydrogens (tertiary/aromatic N) is 3. The molecule has 0 N–H and O–H groups in total. The minimum atomic E-state index is 0.0753. The largest absolute Gasteiger partial charge is 0.497 e. The first kappa shape index (κ1) is 20.1. The molecule has 2 heterocycles. The molecule has 3 aromatic carbocycles. The van der Waals surface area contributed by atoms with Crippen LogP contribution in [0.2, 0.25) is 0 Å². The van der Waals surface area contributed by atoms with Gasteiger partial charge in [0.15, 0.2) is 0 Å². The summed E-state index contributed by atoms with van der Waals surface area (Å²) in [6.45, 7) is 1.53. The lowest BCUT2D eigenvalue weighted by Crippen LogP contribution is -2.38. The molecule has 0 unspecified atom stereocenters. The van der Waals surface area contributed by atoms with Gasteiger partial charge in [-0.15, -0.1) is 0 Å². The van der Waals surface area contributed by atoms with Crippen LogP contribution in [-0.4, -0.2) is 34.2 Å². The van der Waals surface area contributed by atoms with Crippen LogP contribution in [0.1, 0.15) is 11.1 Å². The molecule has 0 bridgehead atoms. The maximum atomic E-state index is 13.3. The van der Waals surface area contributed by atoms with Crippen LogP contribution in [0.4, 0.5) is 0 Å². The third-order valence-electron chi connectivity index (χ3n) is 5.98. The summed E-state index contributed by atoms with van der Waals surface area (Å²) in [7, 11) is 1.68. The van der Waals surface area contributed by atoms with Gasteiger partial charge >= 0.3 is 0 Å². The summed E-state index contributed by atoms with van der Waals surface area (Å²) in [5.74, 6) is 0.937. The van der Waals surface area contributed by atoms with E-state index in [4.69, 9.17) is 9.84 Å². The molecule has 0 fully saturated rings. The van der Waals surface area contributed by atoms with Gasteiger partial charge < -0.3 is 9.64 Å². The van der Waals surface area contributed by atoms with E-state index < -0.39 is 0 Å². The van der Waals surface area contributed by atoms with Gasteiger partial charge in [0.05, 0.1) is 18.5 Å². The molecule has 0 radical (unpaired) electrons. The molecule has 0 aliphatic carbocycles. The Morgan fingerprint density at radius 1 is 0.906 bits per heavy atom. The van der Waals surface area contributed by atoms with Crippen molar-refractivity contribution in [2.75, 3.05) is 13.7 Å². The van der Waals surface area contributed by atoms with E-state index in [0.29, 0.717) is 13.1 Å². The second kappa shape index (κ2) is 8.71. The van der Waals surface area contributed by atoms with Gasteiger partial charge in [-0.05, 0) is 41.3 Å². The summed E-state index contributed by atoms with van der Waals surface area (Å²) in [5, 5.41) is 4.81. The van der Waals surface area contributed by atoms with Crippen molar-refractivity contribution in [1.29, 1.82) is 0 Å². The fourth-order valence-corrected chi connectivity index (χ4v) is 4.23. The van der Waals surface area contributed by atoms with Crippen molar-refractivity contribution in [3.63, 3.8) is 0 Å². The highest BCUT2D eigenvalue weighted by Crippen LogP contribution is 2.27. The lowest BCUT2D eigenvalue weighted by atomic mass is 9.99. The van der Waals surface area contributed by atoms with Crippen molar-refractivity contribution in [3.05, 3.63) is 96.1 Å². The van der Waals surface area contributed by atoms with Gasteiger partial charge in [-0.2, -0.15) is 5.10 Å². The normalized spacial score (nSPS) is 13.0. The van der Waals surface area contributed by atoms with Crippen molar-refractivity contribution in [1.82, 2.24) is 14.7 Å². The van der Waals surface area contributed by atoms with Crippen LogP contribution in [0.3, 0.4) is 0 Å². The van der Waals surface area contributed by atoms with Gasteiger partial charge in [0.2, 0.25) is 5.91 Å². The standard InChI is InChI=1S/C27H25N3O2/c1-32-24-13-12-23-18-29(15-14-22(23)16-24)27(31)19-30-26(21-10-6-3-7-11-21)17-25(28-30)20-8-4-2-5-9-20/h2-13,16-17H,14-15,18-19H2,1H3. The lowest BCUT2D eigenvalue weighted by molar-refractivity contribution is -0.132. The third kappa shape index (κ3) is 4.02. The lowest BCUT2D eigenvalue weighted by Gasteiger charge is -2.29. The molecule has 1 aliphatic rings. The topological polar surface area (TPSA) is 47.4 Å². The molecule has 0 spiro atoms. The number of hydrogen-bond donors (Lipinski definition) is 0. The Hall–Kier alpha value is -3.86. The van der Waals surface area contributed by atoms with Gasteiger partial charge in [-0.1, -0.05) is 66.7 Å². The minimum Gasteiger partial charge on any atom is -0.497 e. The zero-order chi connectivity index (χ0) is 21.9. The highest BCUT2D eigenvalue weighted by molar-refractivity contribution is 5.78. The van der Waals surface area contributed by atoms with E-state index in [1.165, 1.54) is 11.1 Å². The molecule has 1 aliphatic heterocycles. The quantitative estimate of drug-likeness (QED) is 0.463. The van der Waals surface area contributed by atoms with Crippen molar-refractivity contribution in [2.24, 2.45) is 0 Å². The number of benzene rings is 3. The van der Waals surface area contributed by atoms with E-state index in [1.807, 2.05) is 64.2 Å². The third-order valence-corrected chi connectivity index (χ3v) is 5.98. The minimum absolute atomic E-state index is 0.0753. The van der Waals surface area contributed by atoms with Crippen LogP contribution in [0.25, 0.3) is 22.5 Å². The maximum absolute atomic E-state index is 13.3. The van der Waals surface area contributed by atoms with Gasteiger partial charge in [0, 0.05) is 18.7 Å². The van der Waals surface area contributed by atoms with E-state index >= 15 is 0 Å². The molecule has 4 aromatic rings. The second-order valence-corrected chi connectivity index (χ2v) is 8.00. The number of aromatic nitrogens is 2. The van der Waals surface area contributed by atoms with Crippen molar-refractivity contribution in [3.8, 4) is 28.3 Å². The summed E-state index contributed by atoms with van der Waals surface area (Å²) in [4.78, 5) is 15.2. The fourth-order valence-electron chi connectivity index (χ4n) is 4.23. The van der Waals surface area contributed by atoms with Crippen LogP contribution < -0.4 is 4.74 Å². The molecule has 1 amide bonds. The van der Waals surface area contributed by atoms with Crippen LogP contribution in [0.15, 0.2) is 84.9 Å². The van der Waals surface area contributed by atoms with Crippen LogP contribution in [0.5, 0.6) is 5.75 Å². The molecule has 5 rings (SSSR count). The van der Waals surface area contributed by atoms with E-state index in [-0.39, 0.29) is 12.5 Å². The highest BCUT2D eigenvalue weighted by Gasteiger charge is 2.23. The first-order valence-corrected chi connectivity index (χ1v) is 10.8. The number of rotatable bonds is 5. The number of amides is 1. The Morgan fingerprint density at radius 3 is 2.34 bits per heavy atom. The molecule has 0 atom stereocenters. The number of ether oxygens (including phenoxy) is 1. The molecule has 0 saturated heterocycles. The molecule has 5 nitrogen and oxygen atoms in total. The Balaban J connectivity index is 1.41. The summed E-state index contributed by atoms with van der Waals surface area (Å²) >= 11 is 0. The summed E-state index contributed by atoms with van der Waals surface area (Å²) < 4.78 is 7.17. The van der Waals surface area contributed by atoms with Gasteiger partial charge in [-0.25, -0.2) is 0 Å². The monoisotopic (exact) mass is 423 g/mol. The van der Waals surface area contributed by atoms with Gasteiger partial charge in [0.25, 0.3) is 0 Å². The molecule has 0 saturated carbocycles. The molecule has 160 valence electrons. The number of methoxy groups -OCH3 is 1. The number of hydrogen-bond acceptors (Lipinski definition) is 3. The Labute approximate surface area is 187 Å². The van der Waals surface area contributed by atoms with E-state index in [2.05, 4.69) is 30.3 Å². The zero-order valence-corrected chi connectivity index (χ0v) is 18.1. The van der Waals surface area contributed by atoms with Gasteiger partial charge in [-0.3, -0.25) is 9.48 Å². The number of fused-ring (bicyclic) bond motifs is 1. The summed E-state index contributed by atoms with van der Waals surface area (Å²) in [6, 6.07) is 28.3. The second-order valence-electron chi connectivity index (χ2n) is 8.00. The molecule has 1 aromatic heterocycles. The summed E-state index contributed by atoms with van der Waals surface area (Å²) in [6.07, 6.45) is 0.832. The SMILES string of the molecule is COc1ccc2c(c1)CCN(C(=O)Cn1nc(-c3ccccc3)cc1-c1ccccc1)C2. The number of carbonyl (C=O) groups is 1. The average molecular weight is 424 g/mol. The predicted octanol–water partition coefficient (Wildman–Crippen LogP) is 4.81. The van der Waals surface area contributed by atoms with Crippen LogP contribution in [0, 0.1) is 0 Å². The molecule has 32 heavy (non-hydrogen) atoms. The zero-order valence-electron chi connectivity index (χ0n) is 18.1. The predicted molar refractivity (Wildman–Crippen MR) is 125 cm³/mol. The molecule has 5 heteroatoms. The smallest absolute Gasteiger partial charge is 0.244 e. The maximum Gasteiger partial charge on any atom is 0.244 e. The Morgan fingerprint density at radius 2 is 1.62 bits per heavy atom. The van der Waals surface area contributed by atoms with Crippen molar-refractivity contribution >= 4 is 5.91 Å². The summed E-state index contributed by atoms with van der Waals surface area (Å²) in [5.41, 5.74) is 6.33.